The second-order valence-electron chi connectivity index (χ2n) is 7.63. The van der Waals surface area contributed by atoms with Crippen LogP contribution < -0.4 is 15.4 Å². The van der Waals surface area contributed by atoms with Gasteiger partial charge in [0.25, 0.3) is 0 Å². The Balaban J connectivity index is 0.00000256. The van der Waals surface area contributed by atoms with Crippen molar-refractivity contribution in [3.05, 3.63) is 41.5 Å². The molecule has 1 aromatic heterocycles. The minimum absolute atomic E-state index is 0. The molecule has 2 N–H and O–H groups in total. The number of benzene rings is 1. The Morgan fingerprint density at radius 2 is 2.00 bits per heavy atom. The zero-order valence-electron chi connectivity index (χ0n) is 17.8. The van der Waals surface area contributed by atoms with Crippen LogP contribution in [0, 0.1) is 0 Å². The molecule has 4 rings (SSSR count). The molecule has 1 unspecified atom stereocenters. The summed E-state index contributed by atoms with van der Waals surface area (Å²) in [7, 11) is 3.52. The van der Waals surface area contributed by atoms with E-state index < -0.39 is 0 Å². The molecule has 0 saturated carbocycles. The summed E-state index contributed by atoms with van der Waals surface area (Å²) in [4.78, 5) is 6.94. The SMILES string of the molecule is CN=C(NCc1nnc2n1CCC2)NCC(c1cccc(OC)c1)N1CCCC1.I. The molecule has 1 aromatic carbocycles. The van der Waals surface area contributed by atoms with Gasteiger partial charge in [-0.15, -0.1) is 34.2 Å². The lowest BCUT2D eigenvalue weighted by Crippen LogP contribution is -2.42. The number of ether oxygens (including phenoxy) is 1. The second-order valence-corrected chi connectivity index (χ2v) is 7.63. The molecule has 3 heterocycles. The summed E-state index contributed by atoms with van der Waals surface area (Å²) in [5.41, 5.74) is 1.27. The van der Waals surface area contributed by atoms with E-state index in [-0.39, 0.29) is 30.0 Å². The van der Waals surface area contributed by atoms with Gasteiger partial charge in [-0.25, -0.2) is 0 Å². The molecule has 1 saturated heterocycles. The molecule has 2 aliphatic rings. The monoisotopic (exact) mass is 525 g/mol. The van der Waals surface area contributed by atoms with Crippen molar-refractivity contribution in [2.45, 2.75) is 44.8 Å². The van der Waals surface area contributed by atoms with Crippen LogP contribution in [-0.2, 0) is 19.5 Å². The number of aliphatic imine (C=N–C) groups is 1. The number of methoxy groups -OCH3 is 1. The molecule has 2 aliphatic heterocycles. The maximum atomic E-state index is 5.44. The van der Waals surface area contributed by atoms with E-state index in [1.807, 2.05) is 6.07 Å². The average Bonchev–Trinajstić information content (AvgIpc) is 3.50. The van der Waals surface area contributed by atoms with Gasteiger partial charge in [0, 0.05) is 26.6 Å². The summed E-state index contributed by atoms with van der Waals surface area (Å²) < 4.78 is 7.65. The highest BCUT2D eigenvalue weighted by Gasteiger charge is 2.24. The molecule has 0 radical (unpaired) electrons. The Kier molecular flexibility index (Phi) is 8.32. The number of hydrogen-bond donors (Lipinski definition) is 2. The van der Waals surface area contributed by atoms with E-state index in [4.69, 9.17) is 4.74 Å². The smallest absolute Gasteiger partial charge is 0.191 e. The molecule has 0 aliphatic carbocycles. The maximum Gasteiger partial charge on any atom is 0.191 e. The zero-order valence-corrected chi connectivity index (χ0v) is 20.1. The first-order valence-corrected chi connectivity index (χ1v) is 10.5. The first-order valence-electron chi connectivity index (χ1n) is 10.5. The van der Waals surface area contributed by atoms with Crippen LogP contribution >= 0.6 is 24.0 Å². The van der Waals surface area contributed by atoms with Gasteiger partial charge in [0.05, 0.1) is 19.7 Å². The van der Waals surface area contributed by atoms with Crippen molar-refractivity contribution in [3.8, 4) is 5.75 Å². The van der Waals surface area contributed by atoms with Crippen molar-refractivity contribution < 1.29 is 4.74 Å². The third-order valence-electron chi connectivity index (χ3n) is 5.85. The minimum Gasteiger partial charge on any atom is -0.497 e. The van der Waals surface area contributed by atoms with Crippen molar-refractivity contribution in [3.63, 3.8) is 0 Å². The number of rotatable bonds is 7. The molecular formula is C21H32IN7O. The number of aryl methyl sites for hydroxylation is 1. The fourth-order valence-electron chi connectivity index (χ4n) is 4.28. The highest BCUT2D eigenvalue weighted by atomic mass is 127. The first-order chi connectivity index (χ1) is 14.3. The number of hydrogen-bond acceptors (Lipinski definition) is 5. The van der Waals surface area contributed by atoms with Crippen LogP contribution in [-0.4, -0.2) is 59.4 Å². The number of halogens is 1. The van der Waals surface area contributed by atoms with Gasteiger partial charge in [-0.1, -0.05) is 12.1 Å². The third-order valence-corrected chi connectivity index (χ3v) is 5.85. The lowest BCUT2D eigenvalue weighted by Gasteiger charge is -2.29. The molecule has 0 spiro atoms. The van der Waals surface area contributed by atoms with Crippen molar-refractivity contribution in [1.82, 2.24) is 30.3 Å². The highest BCUT2D eigenvalue weighted by molar-refractivity contribution is 14.0. The number of guanidine groups is 1. The van der Waals surface area contributed by atoms with Gasteiger partial charge in [0.2, 0.25) is 0 Å². The molecule has 1 atom stereocenters. The normalized spacial score (nSPS) is 17.3. The van der Waals surface area contributed by atoms with Crippen LogP contribution in [0.4, 0.5) is 0 Å². The van der Waals surface area contributed by atoms with E-state index in [1.54, 1.807) is 14.2 Å². The maximum absolute atomic E-state index is 5.44. The molecule has 1 fully saturated rings. The second kappa shape index (κ2) is 10.9. The predicted octanol–water partition coefficient (Wildman–Crippen LogP) is 2.35. The number of nitrogens with zero attached hydrogens (tertiary/aromatic N) is 5. The van der Waals surface area contributed by atoms with Gasteiger partial charge in [-0.2, -0.15) is 0 Å². The minimum atomic E-state index is 0. The van der Waals surface area contributed by atoms with Gasteiger partial charge in [0.15, 0.2) is 11.8 Å². The Labute approximate surface area is 195 Å². The van der Waals surface area contributed by atoms with Gasteiger partial charge < -0.3 is 19.9 Å². The summed E-state index contributed by atoms with van der Waals surface area (Å²) in [5, 5.41) is 15.5. The lowest BCUT2D eigenvalue weighted by atomic mass is 10.1. The van der Waals surface area contributed by atoms with E-state index in [1.165, 1.54) is 18.4 Å². The third kappa shape index (κ3) is 5.23. The van der Waals surface area contributed by atoms with Gasteiger partial charge in [0.1, 0.15) is 11.6 Å². The fourth-order valence-corrected chi connectivity index (χ4v) is 4.28. The number of aromatic nitrogens is 3. The van der Waals surface area contributed by atoms with Gasteiger partial charge in [-0.3, -0.25) is 9.89 Å². The largest absolute Gasteiger partial charge is 0.497 e. The predicted molar refractivity (Wildman–Crippen MR) is 129 cm³/mol. The number of nitrogens with one attached hydrogen (secondary N) is 2. The summed E-state index contributed by atoms with van der Waals surface area (Å²) in [5.74, 6) is 3.75. The molecule has 2 aromatic rings. The van der Waals surface area contributed by atoms with Crippen molar-refractivity contribution in [2.75, 3.05) is 33.8 Å². The van der Waals surface area contributed by atoms with Crippen LogP contribution in [0.3, 0.4) is 0 Å². The van der Waals surface area contributed by atoms with E-state index >= 15 is 0 Å². The fraction of sp³-hybridized carbons (Fsp3) is 0.571. The Morgan fingerprint density at radius 1 is 1.17 bits per heavy atom. The molecule has 8 nitrogen and oxygen atoms in total. The standard InChI is InChI=1S/C21H31N7O.HI/c1-22-21(24-15-20-26-25-19-9-6-12-28(19)20)23-14-18(27-10-3-4-11-27)16-7-5-8-17(13-16)29-2;/h5,7-8,13,18H,3-4,6,9-12,14-15H2,1-2H3,(H2,22,23,24);1H. The summed E-state index contributed by atoms with van der Waals surface area (Å²) >= 11 is 0. The van der Waals surface area contributed by atoms with E-state index in [9.17, 15) is 0 Å². The molecule has 164 valence electrons. The van der Waals surface area contributed by atoms with Crippen molar-refractivity contribution >= 4 is 29.9 Å². The highest BCUT2D eigenvalue weighted by Crippen LogP contribution is 2.27. The van der Waals surface area contributed by atoms with Crippen LogP contribution in [0.2, 0.25) is 0 Å². The van der Waals surface area contributed by atoms with Gasteiger partial charge >= 0.3 is 0 Å². The van der Waals surface area contributed by atoms with Crippen LogP contribution in [0.1, 0.15) is 42.5 Å². The topological polar surface area (TPSA) is 79.6 Å². The molecule has 30 heavy (non-hydrogen) atoms. The molecule has 9 heteroatoms. The number of likely N-dealkylation sites (tertiary alicyclic amines) is 1. The zero-order chi connectivity index (χ0) is 20.1. The molecular weight excluding hydrogens is 493 g/mol. The Morgan fingerprint density at radius 3 is 2.77 bits per heavy atom. The quantitative estimate of drug-likeness (QED) is 0.329. The van der Waals surface area contributed by atoms with Crippen LogP contribution in [0.25, 0.3) is 0 Å². The van der Waals surface area contributed by atoms with Crippen LogP contribution in [0.5, 0.6) is 5.75 Å². The lowest BCUT2D eigenvalue weighted by molar-refractivity contribution is 0.245. The van der Waals surface area contributed by atoms with E-state index in [0.717, 1.165) is 62.4 Å². The Hall–Kier alpha value is -1.88. The average molecular weight is 525 g/mol. The summed E-state index contributed by atoms with van der Waals surface area (Å²) in [6.07, 6.45) is 4.69. The first kappa shape index (κ1) is 22.8. The summed E-state index contributed by atoms with van der Waals surface area (Å²) in [6, 6.07) is 8.66. The van der Waals surface area contributed by atoms with E-state index in [0.29, 0.717) is 6.54 Å². The summed E-state index contributed by atoms with van der Waals surface area (Å²) in [6.45, 7) is 4.67. The Bertz CT molecular complexity index is 848. The number of fused-ring (bicyclic) bond motifs is 1. The van der Waals surface area contributed by atoms with Crippen molar-refractivity contribution in [1.29, 1.82) is 0 Å². The van der Waals surface area contributed by atoms with E-state index in [2.05, 4.69) is 53.5 Å². The molecule has 0 bridgehead atoms. The van der Waals surface area contributed by atoms with Crippen LogP contribution in [0.15, 0.2) is 29.3 Å². The molecule has 0 amide bonds. The van der Waals surface area contributed by atoms with Crippen molar-refractivity contribution in [2.24, 2.45) is 4.99 Å². The van der Waals surface area contributed by atoms with Gasteiger partial charge in [-0.05, 0) is 50.0 Å².